The van der Waals surface area contributed by atoms with Gasteiger partial charge in [-0.05, 0) is 68.4 Å². The predicted octanol–water partition coefficient (Wildman–Crippen LogP) is 7.31. The standard InChI is InChI=1S/C27H18OS2/c28-27-25-22-12-8-18(6-10-20-4-2-14-30-20)16-24(22)26(27)21-11-7-17(15-23(21)25)5-9-19-3-1-13-29-19/h1-16,25-26H/b9-5+,10-6+/t25-,26-/m0/s1. The van der Waals surface area contributed by atoms with Gasteiger partial charge in [-0.25, -0.2) is 0 Å². The van der Waals surface area contributed by atoms with Gasteiger partial charge in [-0.15, -0.1) is 22.7 Å². The first-order valence-electron chi connectivity index (χ1n) is 10.0. The number of fused-ring (bicyclic) bond motifs is 8. The minimum absolute atomic E-state index is 0.106. The quantitative estimate of drug-likeness (QED) is 0.337. The van der Waals surface area contributed by atoms with Crippen LogP contribution in [0.25, 0.3) is 24.3 Å². The summed E-state index contributed by atoms with van der Waals surface area (Å²) in [6.45, 7) is 0. The van der Waals surface area contributed by atoms with Crippen molar-refractivity contribution in [2.75, 3.05) is 0 Å². The lowest BCUT2D eigenvalue weighted by atomic mass is 9.84. The molecule has 2 aliphatic carbocycles. The van der Waals surface area contributed by atoms with Gasteiger partial charge in [0.2, 0.25) is 0 Å². The van der Waals surface area contributed by atoms with Gasteiger partial charge in [0.15, 0.2) is 5.78 Å². The molecule has 0 fully saturated rings. The Morgan fingerprint density at radius 3 is 1.53 bits per heavy atom. The minimum atomic E-state index is -0.106. The number of benzene rings is 2. The van der Waals surface area contributed by atoms with Gasteiger partial charge < -0.3 is 0 Å². The topological polar surface area (TPSA) is 17.1 Å². The summed E-state index contributed by atoms with van der Waals surface area (Å²) in [4.78, 5) is 15.6. The van der Waals surface area contributed by atoms with Crippen molar-refractivity contribution in [2.24, 2.45) is 0 Å². The van der Waals surface area contributed by atoms with Gasteiger partial charge in [0.05, 0.1) is 11.8 Å². The van der Waals surface area contributed by atoms with Gasteiger partial charge in [0.1, 0.15) is 0 Å². The Morgan fingerprint density at radius 2 is 1.10 bits per heavy atom. The number of Topliss-reactive ketones (excluding diaryl/α,β-unsaturated/α-hetero) is 1. The Labute approximate surface area is 183 Å². The van der Waals surface area contributed by atoms with Crippen molar-refractivity contribution in [3.05, 3.63) is 115 Å². The zero-order chi connectivity index (χ0) is 20.1. The zero-order valence-electron chi connectivity index (χ0n) is 16.1. The highest BCUT2D eigenvalue weighted by atomic mass is 32.1. The Hall–Kier alpha value is -3.01. The molecule has 4 aromatic rings. The van der Waals surface area contributed by atoms with Crippen LogP contribution in [0.5, 0.6) is 0 Å². The summed E-state index contributed by atoms with van der Waals surface area (Å²) < 4.78 is 0. The van der Waals surface area contributed by atoms with E-state index in [0.29, 0.717) is 5.78 Å². The molecular formula is C27H18OS2. The highest BCUT2D eigenvalue weighted by molar-refractivity contribution is 7.11. The molecule has 6 rings (SSSR count). The van der Waals surface area contributed by atoms with Gasteiger partial charge in [0, 0.05) is 9.75 Å². The van der Waals surface area contributed by atoms with E-state index in [2.05, 4.69) is 95.7 Å². The van der Waals surface area contributed by atoms with Crippen LogP contribution in [0.4, 0.5) is 0 Å². The summed E-state index contributed by atoms with van der Waals surface area (Å²) in [5.74, 6) is 0.120. The average Bonchev–Trinajstić information content (AvgIpc) is 3.55. The van der Waals surface area contributed by atoms with Crippen LogP contribution in [-0.4, -0.2) is 5.78 Å². The van der Waals surface area contributed by atoms with Crippen molar-refractivity contribution in [3.63, 3.8) is 0 Å². The van der Waals surface area contributed by atoms with Gasteiger partial charge >= 0.3 is 0 Å². The summed E-state index contributed by atoms with van der Waals surface area (Å²) in [6, 6.07) is 21.3. The van der Waals surface area contributed by atoms with E-state index in [1.807, 2.05) is 0 Å². The van der Waals surface area contributed by atoms with E-state index in [4.69, 9.17) is 0 Å². The Morgan fingerprint density at radius 1 is 0.600 bits per heavy atom. The van der Waals surface area contributed by atoms with Gasteiger partial charge in [0.25, 0.3) is 0 Å². The maximum atomic E-state index is 13.2. The van der Waals surface area contributed by atoms with E-state index < -0.39 is 0 Å². The van der Waals surface area contributed by atoms with Crippen LogP contribution in [0.15, 0.2) is 71.4 Å². The van der Waals surface area contributed by atoms with Crippen LogP contribution >= 0.6 is 22.7 Å². The van der Waals surface area contributed by atoms with E-state index in [0.717, 1.165) is 11.1 Å². The summed E-state index contributed by atoms with van der Waals surface area (Å²) in [5.41, 5.74) is 7.05. The van der Waals surface area contributed by atoms with E-state index in [-0.39, 0.29) is 11.8 Å². The first kappa shape index (κ1) is 17.8. The van der Waals surface area contributed by atoms with E-state index >= 15 is 0 Å². The molecule has 3 heteroatoms. The molecule has 0 spiro atoms. The number of rotatable bonds is 4. The average molecular weight is 423 g/mol. The second-order valence-corrected chi connectivity index (χ2v) is 9.70. The fourth-order valence-electron chi connectivity index (χ4n) is 4.66. The molecule has 2 bridgehead atoms. The lowest BCUT2D eigenvalue weighted by molar-refractivity contribution is -0.118. The number of ketones is 1. The molecule has 2 aromatic carbocycles. The second kappa shape index (κ2) is 7.05. The first-order valence-corrected chi connectivity index (χ1v) is 11.8. The molecule has 144 valence electrons. The molecule has 0 radical (unpaired) electrons. The third kappa shape index (κ3) is 2.85. The molecule has 1 nitrogen and oxygen atoms in total. The van der Waals surface area contributed by atoms with Crippen molar-refractivity contribution < 1.29 is 4.79 Å². The molecule has 30 heavy (non-hydrogen) atoms. The van der Waals surface area contributed by atoms with Crippen molar-refractivity contribution in [3.8, 4) is 0 Å². The lowest BCUT2D eigenvalue weighted by Crippen LogP contribution is -2.03. The summed E-state index contributed by atoms with van der Waals surface area (Å²) in [5, 5.41) is 4.17. The molecule has 0 unspecified atom stereocenters. The minimum Gasteiger partial charge on any atom is -0.298 e. The number of hydrogen-bond donors (Lipinski definition) is 0. The van der Waals surface area contributed by atoms with Crippen LogP contribution < -0.4 is 0 Å². The number of hydrogen-bond acceptors (Lipinski definition) is 3. The highest BCUT2D eigenvalue weighted by Crippen LogP contribution is 2.54. The lowest BCUT2D eigenvalue weighted by Gasteiger charge is -2.18. The second-order valence-electron chi connectivity index (χ2n) is 7.74. The maximum Gasteiger partial charge on any atom is 0.156 e. The third-order valence-corrected chi connectivity index (χ3v) is 7.68. The molecule has 2 aliphatic rings. The fourth-order valence-corrected chi connectivity index (χ4v) is 5.90. The summed E-state index contributed by atoms with van der Waals surface area (Å²) in [6.07, 6.45) is 8.56. The largest absolute Gasteiger partial charge is 0.298 e. The fraction of sp³-hybridized carbons (Fsp3) is 0.0741. The number of carbonyl (C=O) groups is 1. The van der Waals surface area contributed by atoms with Gasteiger partial charge in [-0.2, -0.15) is 0 Å². The first-order chi connectivity index (χ1) is 14.8. The summed E-state index contributed by atoms with van der Waals surface area (Å²) in [7, 11) is 0. The van der Waals surface area contributed by atoms with Crippen LogP contribution in [-0.2, 0) is 4.79 Å². The Bertz CT molecular complexity index is 1210. The predicted molar refractivity (Wildman–Crippen MR) is 128 cm³/mol. The molecule has 2 aromatic heterocycles. The monoisotopic (exact) mass is 422 g/mol. The van der Waals surface area contributed by atoms with Gasteiger partial charge in [-0.3, -0.25) is 4.79 Å². The maximum absolute atomic E-state index is 13.2. The normalized spacial score (nSPS) is 19.1. The van der Waals surface area contributed by atoms with Gasteiger partial charge in [-0.1, -0.05) is 60.7 Å². The van der Waals surface area contributed by atoms with Crippen molar-refractivity contribution in [1.29, 1.82) is 0 Å². The molecule has 0 N–H and O–H groups in total. The number of carbonyl (C=O) groups excluding carboxylic acids is 1. The van der Waals surface area contributed by atoms with Crippen LogP contribution in [0, 0.1) is 0 Å². The van der Waals surface area contributed by atoms with Crippen LogP contribution in [0.1, 0.15) is 55.0 Å². The van der Waals surface area contributed by atoms with Crippen molar-refractivity contribution in [2.45, 2.75) is 11.8 Å². The molecule has 0 saturated heterocycles. The Balaban J connectivity index is 1.34. The molecule has 0 saturated carbocycles. The molecule has 0 amide bonds. The third-order valence-electron chi connectivity index (χ3n) is 6.00. The molecule has 2 heterocycles. The van der Waals surface area contributed by atoms with Crippen molar-refractivity contribution in [1.82, 2.24) is 0 Å². The van der Waals surface area contributed by atoms with E-state index in [1.165, 1.54) is 32.0 Å². The summed E-state index contributed by atoms with van der Waals surface area (Å²) >= 11 is 3.46. The van der Waals surface area contributed by atoms with E-state index in [1.54, 1.807) is 22.7 Å². The van der Waals surface area contributed by atoms with Crippen molar-refractivity contribution >= 4 is 52.8 Å². The SMILES string of the molecule is O=C1[C@H]2c3ccc(/C=C/c4cccs4)cc3[C@@H]1c1ccc(/C=C/c3cccs3)cc12. The van der Waals surface area contributed by atoms with Crippen LogP contribution in [0.3, 0.4) is 0 Å². The van der Waals surface area contributed by atoms with Crippen LogP contribution in [0.2, 0.25) is 0 Å². The highest BCUT2D eigenvalue weighted by Gasteiger charge is 2.48. The zero-order valence-corrected chi connectivity index (χ0v) is 17.8. The molecule has 0 aliphatic heterocycles. The molecule has 2 atom stereocenters. The molecular weight excluding hydrogens is 404 g/mol. The van der Waals surface area contributed by atoms with E-state index in [9.17, 15) is 4.79 Å². The smallest absolute Gasteiger partial charge is 0.156 e. The Kier molecular flexibility index (Phi) is 4.19. The number of thiophene rings is 2.